The molecule has 0 aliphatic carbocycles. The smallest absolute Gasteiger partial charge is 0.306 e. The number of likely N-dealkylation sites (tertiary alicyclic amines) is 1. The molecule has 0 radical (unpaired) electrons. The van der Waals surface area contributed by atoms with Gasteiger partial charge in [0.1, 0.15) is 0 Å². The topological polar surface area (TPSA) is 123 Å². The lowest BCUT2D eigenvalue weighted by molar-refractivity contribution is -0.145. The minimum atomic E-state index is -0.779. The molecule has 0 saturated carbocycles. The summed E-state index contributed by atoms with van der Waals surface area (Å²) in [4.78, 5) is 31.2. The number of aliphatic carboxylic acids is 1. The Kier molecular flexibility index (Phi) is 8.21. The number of piperidine rings is 1. The minimum Gasteiger partial charge on any atom is -0.481 e. The van der Waals surface area contributed by atoms with E-state index in [4.69, 9.17) is 16.5 Å². The predicted octanol–water partition coefficient (Wildman–Crippen LogP) is 3.04. The average Bonchev–Trinajstić information content (AvgIpc) is 2.80. The number of aromatic nitrogens is 1. The Morgan fingerprint density at radius 2 is 1.73 bits per heavy atom. The molecule has 7 heteroatoms. The highest BCUT2D eigenvalue weighted by Crippen LogP contribution is 2.33. The van der Waals surface area contributed by atoms with E-state index in [2.05, 4.69) is 13.8 Å². The SMILES string of the molecule is Cc1nc(CC(C)C)c(CN)c(-c2ccc(CN)cc2)c1CC(=O)N1CCC(C(=O)O)CC1. The van der Waals surface area contributed by atoms with Crippen molar-refractivity contribution in [3.05, 3.63) is 52.3 Å². The molecule has 2 heterocycles. The molecule has 0 bridgehead atoms. The summed E-state index contributed by atoms with van der Waals surface area (Å²) < 4.78 is 0. The van der Waals surface area contributed by atoms with Crippen molar-refractivity contribution < 1.29 is 14.7 Å². The lowest BCUT2D eigenvalue weighted by atomic mass is 9.88. The van der Waals surface area contributed by atoms with Crippen molar-refractivity contribution in [3.8, 4) is 11.1 Å². The van der Waals surface area contributed by atoms with Gasteiger partial charge in [-0.25, -0.2) is 0 Å². The quantitative estimate of drug-likeness (QED) is 0.566. The van der Waals surface area contributed by atoms with Gasteiger partial charge in [-0.15, -0.1) is 0 Å². The number of hydrogen-bond acceptors (Lipinski definition) is 5. The zero-order valence-corrected chi connectivity index (χ0v) is 19.9. The highest BCUT2D eigenvalue weighted by Gasteiger charge is 2.28. The molecule has 1 aliphatic heterocycles. The largest absolute Gasteiger partial charge is 0.481 e. The first-order chi connectivity index (χ1) is 15.7. The first-order valence-corrected chi connectivity index (χ1v) is 11.8. The number of carboxylic acid groups (broad SMARTS) is 1. The van der Waals surface area contributed by atoms with Crippen LogP contribution in [0.4, 0.5) is 0 Å². The third kappa shape index (κ3) is 5.78. The predicted molar refractivity (Wildman–Crippen MR) is 129 cm³/mol. The molecule has 1 aromatic heterocycles. The average molecular weight is 453 g/mol. The van der Waals surface area contributed by atoms with Crippen LogP contribution in [0.5, 0.6) is 0 Å². The number of carbonyl (C=O) groups excluding carboxylic acids is 1. The summed E-state index contributed by atoms with van der Waals surface area (Å²) in [7, 11) is 0. The lowest BCUT2D eigenvalue weighted by Crippen LogP contribution is -2.41. The van der Waals surface area contributed by atoms with Crippen LogP contribution in [0, 0.1) is 18.8 Å². The first-order valence-electron chi connectivity index (χ1n) is 11.8. The van der Waals surface area contributed by atoms with Gasteiger partial charge in [0.25, 0.3) is 0 Å². The van der Waals surface area contributed by atoms with Crippen molar-refractivity contribution in [2.24, 2.45) is 23.3 Å². The van der Waals surface area contributed by atoms with Gasteiger partial charge in [-0.1, -0.05) is 38.1 Å². The number of pyridine rings is 1. The summed E-state index contributed by atoms with van der Waals surface area (Å²) in [5.41, 5.74) is 18.8. The Balaban J connectivity index is 2.00. The van der Waals surface area contributed by atoms with Crippen molar-refractivity contribution in [1.82, 2.24) is 9.88 Å². The summed E-state index contributed by atoms with van der Waals surface area (Å²) >= 11 is 0. The molecule has 0 unspecified atom stereocenters. The maximum atomic E-state index is 13.2. The van der Waals surface area contributed by atoms with Crippen LogP contribution in [0.1, 0.15) is 54.8 Å². The zero-order valence-electron chi connectivity index (χ0n) is 19.9. The molecule has 1 amide bonds. The van der Waals surface area contributed by atoms with Gasteiger partial charge in [0, 0.05) is 37.6 Å². The van der Waals surface area contributed by atoms with Gasteiger partial charge in [-0.3, -0.25) is 14.6 Å². The van der Waals surface area contributed by atoms with E-state index in [1.165, 1.54) is 0 Å². The van der Waals surface area contributed by atoms with Crippen LogP contribution in [0.15, 0.2) is 24.3 Å². The van der Waals surface area contributed by atoms with Crippen LogP contribution >= 0.6 is 0 Å². The molecule has 1 saturated heterocycles. The zero-order chi connectivity index (χ0) is 24.1. The second-order valence-electron chi connectivity index (χ2n) is 9.35. The molecule has 1 fully saturated rings. The number of nitrogens with two attached hydrogens (primary N) is 2. The van der Waals surface area contributed by atoms with Crippen LogP contribution < -0.4 is 11.5 Å². The molecule has 1 aromatic carbocycles. The maximum absolute atomic E-state index is 13.2. The van der Waals surface area contributed by atoms with Gasteiger partial charge in [-0.05, 0) is 59.9 Å². The monoisotopic (exact) mass is 452 g/mol. The number of carboxylic acids is 1. The van der Waals surface area contributed by atoms with E-state index in [1.807, 2.05) is 31.2 Å². The fraction of sp³-hybridized carbons (Fsp3) is 0.500. The Labute approximate surface area is 196 Å². The molecular formula is C26H36N4O3. The first kappa shape index (κ1) is 24.9. The molecular weight excluding hydrogens is 416 g/mol. The van der Waals surface area contributed by atoms with Gasteiger partial charge in [0.05, 0.1) is 12.3 Å². The number of carbonyl (C=O) groups is 2. The number of benzene rings is 1. The van der Waals surface area contributed by atoms with E-state index >= 15 is 0 Å². The molecule has 33 heavy (non-hydrogen) atoms. The Hall–Kier alpha value is -2.77. The van der Waals surface area contributed by atoms with Gasteiger partial charge in [-0.2, -0.15) is 0 Å². The number of aryl methyl sites for hydroxylation is 1. The van der Waals surface area contributed by atoms with Crippen molar-refractivity contribution in [2.75, 3.05) is 13.1 Å². The van der Waals surface area contributed by atoms with E-state index in [0.29, 0.717) is 44.9 Å². The number of hydrogen-bond donors (Lipinski definition) is 3. The second kappa shape index (κ2) is 10.9. The highest BCUT2D eigenvalue weighted by atomic mass is 16.4. The number of amides is 1. The molecule has 1 aliphatic rings. The van der Waals surface area contributed by atoms with E-state index in [1.54, 1.807) is 4.90 Å². The van der Waals surface area contributed by atoms with E-state index in [0.717, 1.165) is 45.6 Å². The Morgan fingerprint density at radius 1 is 1.09 bits per heavy atom. The van der Waals surface area contributed by atoms with Gasteiger partial charge < -0.3 is 21.5 Å². The number of rotatable bonds is 8. The molecule has 3 rings (SSSR count). The summed E-state index contributed by atoms with van der Waals surface area (Å²) in [5, 5.41) is 9.25. The summed E-state index contributed by atoms with van der Waals surface area (Å²) in [6, 6.07) is 8.11. The second-order valence-corrected chi connectivity index (χ2v) is 9.35. The van der Waals surface area contributed by atoms with Crippen LogP contribution in [0.3, 0.4) is 0 Å². The Morgan fingerprint density at radius 3 is 2.24 bits per heavy atom. The molecule has 0 atom stereocenters. The van der Waals surface area contributed by atoms with Crippen LogP contribution in [-0.2, 0) is 35.5 Å². The normalized spacial score (nSPS) is 14.7. The van der Waals surface area contributed by atoms with Crippen LogP contribution in [0.25, 0.3) is 11.1 Å². The van der Waals surface area contributed by atoms with Crippen molar-refractivity contribution in [3.63, 3.8) is 0 Å². The van der Waals surface area contributed by atoms with Crippen LogP contribution in [0.2, 0.25) is 0 Å². The van der Waals surface area contributed by atoms with Gasteiger partial charge in [0.2, 0.25) is 5.91 Å². The fourth-order valence-corrected chi connectivity index (χ4v) is 4.63. The highest BCUT2D eigenvalue weighted by molar-refractivity contribution is 5.84. The summed E-state index contributed by atoms with van der Waals surface area (Å²) in [5.74, 6) is -0.715. The van der Waals surface area contributed by atoms with E-state index < -0.39 is 5.97 Å². The molecule has 0 spiro atoms. The van der Waals surface area contributed by atoms with Crippen molar-refractivity contribution >= 4 is 11.9 Å². The van der Waals surface area contributed by atoms with Crippen molar-refractivity contribution in [2.45, 2.75) is 59.5 Å². The maximum Gasteiger partial charge on any atom is 0.306 e. The molecule has 2 aromatic rings. The molecule has 5 N–H and O–H groups in total. The van der Waals surface area contributed by atoms with Crippen LogP contribution in [-0.4, -0.2) is 40.0 Å². The lowest BCUT2D eigenvalue weighted by Gasteiger charge is -2.31. The van der Waals surface area contributed by atoms with Crippen molar-refractivity contribution in [1.29, 1.82) is 0 Å². The number of nitrogens with zero attached hydrogens (tertiary/aromatic N) is 2. The summed E-state index contributed by atoms with van der Waals surface area (Å²) in [6.45, 7) is 8.03. The third-order valence-corrected chi connectivity index (χ3v) is 6.50. The fourth-order valence-electron chi connectivity index (χ4n) is 4.63. The van der Waals surface area contributed by atoms with Gasteiger partial charge >= 0.3 is 5.97 Å². The minimum absolute atomic E-state index is 0.00291. The summed E-state index contributed by atoms with van der Waals surface area (Å²) in [6.07, 6.45) is 2.03. The standard InChI is InChI=1S/C26H36N4O3/c1-16(2)12-23-22(15-28)25(19-6-4-18(14-27)5-7-19)21(17(3)29-23)13-24(31)30-10-8-20(9-11-30)26(32)33/h4-7,16,20H,8-15,27-28H2,1-3H3,(H,32,33). The molecule has 7 nitrogen and oxygen atoms in total. The van der Waals surface area contributed by atoms with E-state index in [9.17, 15) is 14.7 Å². The van der Waals surface area contributed by atoms with E-state index in [-0.39, 0.29) is 18.2 Å². The molecule has 178 valence electrons. The third-order valence-electron chi connectivity index (χ3n) is 6.50. The van der Waals surface area contributed by atoms with Gasteiger partial charge in [0.15, 0.2) is 0 Å². The Bertz CT molecular complexity index is 994.